The molecule has 2 aromatic heterocycles. The summed E-state index contributed by atoms with van der Waals surface area (Å²) in [6.07, 6.45) is 1.48. The van der Waals surface area contributed by atoms with Gasteiger partial charge in [0, 0.05) is 21.3 Å². The molecule has 2 N–H and O–H groups in total. The highest BCUT2D eigenvalue weighted by molar-refractivity contribution is 7.10. The Hall–Kier alpha value is -2.64. The molecule has 0 aliphatic carbocycles. The first kappa shape index (κ1) is 15.9. The average Bonchev–Trinajstić information content (AvgIpc) is 3.26. The van der Waals surface area contributed by atoms with Crippen molar-refractivity contribution >= 4 is 40.5 Å². The number of allylic oxidation sites excluding steroid dienone is 1. The van der Waals surface area contributed by atoms with Crippen molar-refractivity contribution in [1.82, 2.24) is 14.8 Å². The SMILES string of the molecule is CC1=C(C(=O)Nc2ccc(Cl)cc2)[C@@H](c2cccs2)n2ncnc2N1. The maximum Gasteiger partial charge on any atom is 0.255 e. The number of carbonyl (C=O) groups is 1. The van der Waals surface area contributed by atoms with Crippen LogP contribution in [-0.4, -0.2) is 20.7 Å². The summed E-state index contributed by atoms with van der Waals surface area (Å²) in [5, 5.41) is 13.0. The van der Waals surface area contributed by atoms with Crippen LogP contribution in [0.1, 0.15) is 17.8 Å². The van der Waals surface area contributed by atoms with Gasteiger partial charge in [-0.15, -0.1) is 11.3 Å². The molecule has 3 aromatic rings. The molecular weight excluding hydrogens is 358 g/mol. The monoisotopic (exact) mass is 371 g/mol. The Morgan fingerprint density at radius 1 is 1.32 bits per heavy atom. The molecule has 1 aliphatic heterocycles. The Balaban J connectivity index is 1.72. The zero-order valence-electron chi connectivity index (χ0n) is 13.2. The molecule has 0 unspecified atom stereocenters. The standard InChI is InChI=1S/C17H14ClN5OS/c1-10-14(16(24)22-12-6-4-11(18)5-7-12)15(13-3-2-8-25-13)23-17(21-10)19-9-20-23/h2-9,15H,1H3,(H,22,24)(H,19,20,21)/t15-/m1/s1. The Morgan fingerprint density at radius 2 is 2.12 bits per heavy atom. The first-order chi connectivity index (χ1) is 12.1. The van der Waals surface area contributed by atoms with E-state index in [0.717, 1.165) is 10.6 Å². The van der Waals surface area contributed by atoms with Crippen LogP contribution in [0, 0.1) is 0 Å². The van der Waals surface area contributed by atoms with Crippen LogP contribution in [0.2, 0.25) is 5.02 Å². The number of hydrogen-bond acceptors (Lipinski definition) is 5. The van der Waals surface area contributed by atoms with Gasteiger partial charge in [0.2, 0.25) is 5.95 Å². The normalized spacial score (nSPS) is 16.3. The predicted molar refractivity (Wildman–Crippen MR) is 98.9 cm³/mol. The van der Waals surface area contributed by atoms with Gasteiger partial charge in [0.05, 0.1) is 5.57 Å². The summed E-state index contributed by atoms with van der Waals surface area (Å²) in [6, 6.07) is 10.7. The van der Waals surface area contributed by atoms with Gasteiger partial charge in [-0.1, -0.05) is 17.7 Å². The molecule has 126 valence electrons. The minimum atomic E-state index is -0.314. The first-order valence-electron chi connectivity index (χ1n) is 7.61. The van der Waals surface area contributed by atoms with Crippen LogP contribution in [0.4, 0.5) is 11.6 Å². The van der Waals surface area contributed by atoms with Crippen LogP contribution in [0.15, 0.2) is 59.4 Å². The smallest absolute Gasteiger partial charge is 0.255 e. The number of thiophene rings is 1. The van der Waals surface area contributed by atoms with Gasteiger partial charge in [0.25, 0.3) is 5.91 Å². The first-order valence-corrected chi connectivity index (χ1v) is 8.87. The molecule has 6 nitrogen and oxygen atoms in total. The van der Waals surface area contributed by atoms with Crippen molar-refractivity contribution in [3.8, 4) is 0 Å². The minimum absolute atomic E-state index is 0.188. The number of anilines is 2. The largest absolute Gasteiger partial charge is 0.328 e. The average molecular weight is 372 g/mol. The second-order valence-corrected chi connectivity index (χ2v) is 6.99. The van der Waals surface area contributed by atoms with E-state index in [2.05, 4.69) is 20.7 Å². The van der Waals surface area contributed by atoms with Crippen LogP contribution in [0.25, 0.3) is 0 Å². The van der Waals surface area contributed by atoms with E-state index in [0.29, 0.717) is 22.2 Å². The molecule has 0 saturated heterocycles. The van der Waals surface area contributed by atoms with Gasteiger partial charge in [-0.3, -0.25) is 4.79 Å². The number of aromatic nitrogens is 3. The van der Waals surface area contributed by atoms with E-state index in [-0.39, 0.29) is 11.9 Å². The molecule has 1 amide bonds. The van der Waals surface area contributed by atoms with Crippen LogP contribution in [0.5, 0.6) is 0 Å². The topological polar surface area (TPSA) is 71.8 Å². The number of hydrogen-bond donors (Lipinski definition) is 2. The zero-order valence-corrected chi connectivity index (χ0v) is 14.8. The second-order valence-electron chi connectivity index (χ2n) is 5.57. The number of halogens is 1. The highest BCUT2D eigenvalue weighted by atomic mass is 35.5. The van der Waals surface area contributed by atoms with Crippen LogP contribution >= 0.6 is 22.9 Å². The molecule has 0 bridgehead atoms. The van der Waals surface area contributed by atoms with Crippen LogP contribution < -0.4 is 10.6 Å². The highest BCUT2D eigenvalue weighted by Crippen LogP contribution is 2.37. The number of fused-ring (bicyclic) bond motifs is 1. The summed E-state index contributed by atoms with van der Waals surface area (Å²) < 4.78 is 1.73. The predicted octanol–water partition coefficient (Wildman–Crippen LogP) is 3.92. The lowest BCUT2D eigenvalue weighted by atomic mass is 10.0. The van der Waals surface area contributed by atoms with Gasteiger partial charge in [-0.2, -0.15) is 10.1 Å². The lowest BCUT2D eigenvalue weighted by molar-refractivity contribution is -0.113. The Morgan fingerprint density at radius 3 is 2.84 bits per heavy atom. The van der Waals surface area contributed by atoms with Crippen molar-refractivity contribution in [3.05, 3.63) is 69.3 Å². The van der Waals surface area contributed by atoms with E-state index in [1.165, 1.54) is 6.33 Å². The third-order valence-electron chi connectivity index (χ3n) is 3.95. The molecule has 0 radical (unpaired) electrons. The summed E-state index contributed by atoms with van der Waals surface area (Å²) in [6.45, 7) is 1.87. The molecule has 1 aromatic carbocycles. The molecule has 1 aliphatic rings. The van der Waals surface area contributed by atoms with E-state index in [1.807, 2.05) is 24.4 Å². The lowest BCUT2D eigenvalue weighted by Crippen LogP contribution is -2.31. The van der Waals surface area contributed by atoms with Crippen molar-refractivity contribution in [3.63, 3.8) is 0 Å². The number of rotatable bonds is 3. The molecule has 0 saturated carbocycles. The fourth-order valence-electron chi connectivity index (χ4n) is 2.83. The summed E-state index contributed by atoms with van der Waals surface area (Å²) in [7, 11) is 0. The fraction of sp³-hybridized carbons (Fsp3) is 0.118. The lowest BCUT2D eigenvalue weighted by Gasteiger charge is -2.27. The summed E-state index contributed by atoms with van der Waals surface area (Å²) in [5.41, 5.74) is 2.05. The number of carbonyl (C=O) groups excluding carboxylic acids is 1. The quantitative estimate of drug-likeness (QED) is 0.732. The summed E-state index contributed by atoms with van der Waals surface area (Å²) in [5.74, 6) is 0.436. The number of amides is 1. The van der Waals surface area contributed by atoms with Gasteiger partial charge in [0.15, 0.2) is 0 Å². The molecule has 0 fully saturated rings. The zero-order chi connectivity index (χ0) is 17.4. The van der Waals surface area contributed by atoms with Gasteiger partial charge in [-0.25, -0.2) is 4.68 Å². The van der Waals surface area contributed by atoms with Crippen molar-refractivity contribution in [1.29, 1.82) is 0 Å². The third kappa shape index (κ3) is 2.92. The van der Waals surface area contributed by atoms with E-state index in [1.54, 1.807) is 40.3 Å². The van der Waals surface area contributed by atoms with Crippen molar-refractivity contribution in [2.24, 2.45) is 0 Å². The van der Waals surface area contributed by atoms with E-state index in [4.69, 9.17) is 11.6 Å². The van der Waals surface area contributed by atoms with Crippen LogP contribution in [-0.2, 0) is 4.79 Å². The van der Waals surface area contributed by atoms with Gasteiger partial charge in [0.1, 0.15) is 12.4 Å². The van der Waals surface area contributed by atoms with E-state index in [9.17, 15) is 4.79 Å². The number of benzene rings is 1. The molecule has 3 heterocycles. The van der Waals surface area contributed by atoms with E-state index >= 15 is 0 Å². The molecule has 25 heavy (non-hydrogen) atoms. The van der Waals surface area contributed by atoms with Crippen molar-refractivity contribution in [2.75, 3.05) is 10.6 Å². The molecule has 1 atom stereocenters. The van der Waals surface area contributed by atoms with E-state index < -0.39 is 0 Å². The Kier molecular flexibility index (Phi) is 4.03. The van der Waals surface area contributed by atoms with Crippen molar-refractivity contribution in [2.45, 2.75) is 13.0 Å². The van der Waals surface area contributed by atoms with Crippen molar-refractivity contribution < 1.29 is 4.79 Å². The molecule has 0 spiro atoms. The maximum absolute atomic E-state index is 13.0. The number of nitrogens with zero attached hydrogens (tertiary/aromatic N) is 3. The third-order valence-corrected chi connectivity index (χ3v) is 5.13. The van der Waals surface area contributed by atoms with Gasteiger partial charge < -0.3 is 10.6 Å². The summed E-state index contributed by atoms with van der Waals surface area (Å²) >= 11 is 7.49. The molecule has 8 heteroatoms. The maximum atomic E-state index is 13.0. The number of nitrogens with one attached hydrogen (secondary N) is 2. The second kappa shape index (κ2) is 6.34. The molecular formula is C17H14ClN5OS. The van der Waals surface area contributed by atoms with Crippen LogP contribution in [0.3, 0.4) is 0 Å². The summed E-state index contributed by atoms with van der Waals surface area (Å²) in [4.78, 5) is 18.2. The molecule has 4 rings (SSSR count). The fourth-order valence-corrected chi connectivity index (χ4v) is 3.77. The minimum Gasteiger partial charge on any atom is -0.328 e. The highest BCUT2D eigenvalue weighted by Gasteiger charge is 2.33. The van der Waals surface area contributed by atoms with Gasteiger partial charge >= 0.3 is 0 Å². The Labute approximate surface area is 153 Å². The Bertz CT molecular complexity index is 946. The van der Waals surface area contributed by atoms with Gasteiger partial charge in [-0.05, 0) is 42.6 Å².